The lowest BCUT2D eigenvalue weighted by molar-refractivity contribution is 0.414. The van der Waals surface area contributed by atoms with Crippen LogP contribution in [0.25, 0.3) is 0 Å². The number of benzene rings is 1. The standard InChI is InChI=1S/C14H22BrNO/c1-10(2)5-6-11(3)16-13-7-12(15)8-14(9-13)17-4/h7-11,16H,5-6H2,1-4H3. The first-order valence-electron chi connectivity index (χ1n) is 6.12. The number of anilines is 1. The van der Waals surface area contributed by atoms with Crippen molar-refractivity contribution in [1.82, 2.24) is 0 Å². The number of halogens is 1. The van der Waals surface area contributed by atoms with Crippen LogP contribution >= 0.6 is 15.9 Å². The van der Waals surface area contributed by atoms with Gasteiger partial charge in [-0.15, -0.1) is 0 Å². The summed E-state index contributed by atoms with van der Waals surface area (Å²) in [4.78, 5) is 0. The van der Waals surface area contributed by atoms with Crippen LogP contribution < -0.4 is 10.1 Å². The summed E-state index contributed by atoms with van der Waals surface area (Å²) in [7, 11) is 1.69. The van der Waals surface area contributed by atoms with Crippen molar-refractivity contribution >= 4 is 21.6 Å². The highest BCUT2D eigenvalue weighted by molar-refractivity contribution is 9.10. The molecule has 0 bridgehead atoms. The molecule has 1 atom stereocenters. The van der Waals surface area contributed by atoms with Gasteiger partial charge in [-0.05, 0) is 37.8 Å². The molecule has 0 aromatic heterocycles. The fourth-order valence-electron chi connectivity index (χ4n) is 1.70. The fraction of sp³-hybridized carbons (Fsp3) is 0.571. The molecule has 0 aliphatic heterocycles. The number of hydrogen-bond acceptors (Lipinski definition) is 2. The molecule has 96 valence electrons. The summed E-state index contributed by atoms with van der Waals surface area (Å²) in [5, 5.41) is 3.50. The molecule has 2 nitrogen and oxygen atoms in total. The first-order chi connectivity index (χ1) is 8.01. The third kappa shape index (κ3) is 5.44. The Balaban J connectivity index is 2.58. The normalized spacial score (nSPS) is 12.6. The van der Waals surface area contributed by atoms with Gasteiger partial charge in [0.2, 0.25) is 0 Å². The van der Waals surface area contributed by atoms with Crippen molar-refractivity contribution in [2.45, 2.75) is 39.7 Å². The molecule has 1 aromatic rings. The predicted molar refractivity (Wildman–Crippen MR) is 77.9 cm³/mol. The average molecular weight is 300 g/mol. The van der Waals surface area contributed by atoms with Gasteiger partial charge < -0.3 is 10.1 Å². The Labute approximate surface area is 113 Å². The van der Waals surface area contributed by atoms with E-state index in [-0.39, 0.29) is 0 Å². The molecule has 0 spiro atoms. The predicted octanol–water partition coefficient (Wildman–Crippen LogP) is 4.69. The largest absolute Gasteiger partial charge is 0.497 e. The van der Waals surface area contributed by atoms with Crippen molar-refractivity contribution in [3.63, 3.8) is 0 Å². The number of rotatable bonds is 6. The molecule has 1 unspecified atom stereocenters. The lowest BCUT2D eigenvalue weighted by Gasteiger charge is -2.17. The van der Waals surface area contributed by atoms with Gasteiger partial charge in [-0.2, -0.15) is 0 Å². The zero-order valence-electron chi connectivity index (χ0n) is 11.1. The van der Waals surface area contributed by atoms with E-state index in [9.17, 15) is 0 Å². The van der Waals surface area contributed by atoms with Crippen molar-refractivity contribution < 1.29 is 4.74 Å². The van der Waals surface area contributed by atoms with E-state index in [1.807, 2.05) is 12.1 Å². The van der Waals surface area contributed by atoms with Crippen LogP contribution in [-0.4, -0.2) is 13.2 Å². The van der Waals surface area contributed by atoms with E-state index in [0.717, 1.165) is 21.8 Å². The summed E-state index contributed by atoms with van der Waals surface area (Å²) >= 11 is 3.49. The van der Waals surface area contributed by atoms with E-state index in [0.29, 0.717) is 6.04 Å². The van der Waals surface area contributed by atoms with Gasteiger partial charge in [0, 0.05) is 22.3 Å². The number of ether oxygens (including phenoxy) is 1. The first-order valence-corrected chi connectivity index (χ1v) is 6.91. The number of nitrogens with one attached hydrogen (secondary N) is 1. The molecule has 0 saturated carbocycles. The van der Waals surface area contributed by atoms with Crippen LogP contribution in [0.1, 0.15) is 33.6 Å². The maximum absolute atomic E-state index is 5.25. The lowest BCUT2D eigenvalue weighted by atomic mass is 10.0. The van der Waals surface area contributed by atoms with Crippen LogP contribution in [0.5, 0.6) is 5.75 Å². The topological polar surface area (TPSA) is 21.3 Å². The van der Waals surface area contributed by atoms with Crippen molar-refractivity contribution in [2.75, 3.05) is 12.4 Å². The second-order valence-corrected chi connectivity index (χ2v) is 5.81. The van der Waals surface area contributed by atoms with Gasteiger partial charge in [0.25, 0.3) is 0 Å². The first kappa shape index (κ1) is 14.4. The van der Waals surface area contributed by atoms with Gasteiger partial charge in [-0.25, -0.2) is 0 Å². The van der Waals surface area contributed by atoms with E-state index >= 15 is 0 Å². The van der Waals surface area contributed by atoms with Crippen molar-refractivity contribution in [1.29, 1.82) is 0 Å². The molecule has 0 fully saturated rings. The molecule has 1 aromatic carbocycles. The van der Waals surface area contributed by atoms with Crippen LogP contribution in [0.2, 0.25) is 0 Å². The van der Waals surface area contributed by atoms with Crippen molar-refractivity contribution in [3.8, 4) is 5.75 Å². The third-order valence-corrected chi connectivity index (χ3v) is 3.15. The van der Waals surface area contributed by atoms with Gasteiger partial charge in [0.15, 0.2) is 0 Å². The minimum absolute atomic E-state index is 0.483. The second kappa shape index (κ2) is 6.90. The fourth-order valence-corrected chi connectivity index (χ4v) is 2.18. The van der Waals surface area contributed by atoms with E-state index < -0.39 is 0 Å². The summed E-state index contributed by atoms with van der Waals surface area (Å²) in [6.45, 7) is 6.74. The molecule has 0 aliphatic carbocycles. The molecular weight excluding hydrogens is 278 g/mol. The smallest absolute Gasteiger partial charge is 0.122 e. The van der Waals surface area contributed by atoms with E-state index in [2.05, 4.69) is 48.1 Å². The maximum atomic E-state index is 5.25. The molecule has 3 heteroatoms. The highest BCUT2D eigenvalue weighted by Crippen LogP contribution is 2.25. The Morgan fingerprint density at radius 3 is 2.47 bits per heavy atom. The van der Waals surface area contributed by atoms with Gasteiger partial charge >= 0.3 is 0 Å². The van der Waals surface area contributed by atoms with Crippen LogP contribution in [0.15, 0.2) is 22.7 Å². The molecule has 1 N–H and O–H groups in total. The monoisotopic (exact) mass is 299 g/mol. The third-order valence-electron chi connectivity index (χ3n) is 2.70. The highest BCUT2D eigenvalue weighted by atomic mass is 79.9. The zero-order chi connectivity index (χ0) is 12.8. The summed E-state index contributed by atoms with van der Waals surface area (Å²) in [5.41, 5.74) is 1.10. The van der Waals surface area contributed by atoms with Gasteiger partial charge in [0.05, 0.1) is 7.11 Å². The van der Waals surface area contributed by atoms with Crippen molar-refractivity contribution in [3.05, 3.63) is 22.7 Å². The van der Waals surface area contributed by atoms with Crippen LogP contribution in [-0.2, 0) is 0 Å². The molecule has 17 heavy (non-hydrogen) atoms. The van der Waals surface area contributed by atoms with Gasteiger partial charge in [-0.3, -0.25) is 0 Å². The van der Waals surface area contributed by atoms with Gasteiger partial charge in [-0.1, -0.05) is 29.8 Å². The molecule has 0 radical (unpaired) electrons. The molecule has 0 aliphatic rings. The lowest BCUT2D eigenvalue weighted by Crippen LogP contribution is -2.15. The highest BCUT2D eigenvalue weighted by Gasteiger charge is 2.05. The van der Waals surface area contributed by atoms with Crippen LogP contribution in [0.4, 0.5) is 5.69 Å². The Kier molecular flexibility index (Phi) is 5.83. The van der Waals surface area contributed by atoms with Gasteiger partial charge in [0.1, 0.15) is 5.75 Å². The maximum Gasteiger partial charge on any atom is 0.122 e. The SMILES string of the molecule is COc1cc(Br)cc(NC(C)CCC(C)C)c1. The summed E-state index contributed by atoms with van der Waals surface area (Å²) in [6.07, 6.45) is 2.44. The Morgan fingerprint density at radius 1 is 1.18 bits per heavy atom. The van der Waals surface area contributed by atoms with E-state index in [1.165, 1.54) is 12.8 Å². The Morgan fingerprint density at radius 2 is 1.88 bits per heavy atom. The average Bonchev–Trinajstić information content (AvgIpc) is 2.25. The Hall–Kier alpha value is -0.700. The van der Waals surface area contributed by atoms with Crippen LogP contribution in [0, 0.1) is 5.92 Å². The molecule has 0 amide bonds. The summed E-state index contributed by atoms with van der Waals surface area (Å²) in [5.74, 6) is 1.63. The second-order valence-electron chi connectivity index (χ2n) is 4.90. The van der Waals surface area contributed by atoms with Crippen molar-refractivity contribution in [2.24, 2.45) is 5.92 Å². The number of hydrogen-bond donors (Lipinski definition) is 1. The molecular formula is C14H22BrNO. The van der Waals surface area contributed by atoms with E-state index in [1.54, 1.807) is 7.11 Å². The molecule has 0 heterocycles. The minimum atomic E-state index is 0.483. The van der Waals surface area contributed by atoms with Crippen LogP contribution in [0.3, 0.4) is 0 Å². The quantitative estimate of drug-likeness (QED) is 0.822. The summed E-state index contributed by atoms with van der Waals surface area (Å²) in [6, 6.07) is 6.55. The molecule has 0 saturated heterocycles. The zero-order valence-corrected chi connectivity index (χ0v) is 12.7. The number of methoxy groups -OCH3 is 1. The minimum Gasteiger partial charge on any atom is -0.497 e. The summed E-state index contributed by atoms with van der Waals surface area (Å²) < 4.78 is 6.28. The van der Waals surface area contributed by atoms with E-state index in [4.69, 9.17) is 4.74 Å². The molecule has 1 rings (SSSR count). The Bertz CT molecular complexity index is 352.